The second-order valence-electron chi connectivity index (χ2n) is 5.73. The Hall–Kier alpha value is -2.36. The lowest BCUT2D eigenvalue weighted by Crippen LogP contribution is -2.17. The molecule has 0 heterocycles. The molecule has 3 nitrogen and oxygen atoms in total. The van der Waals surface area contributed by atoms with E-state index in [1.807, 2.05) is 12.1 Å². The number of halogens is 1. The molecule has 0 aliphatic heterocycles. The molecule has 1 N–H and O–H groups in total. The minimum Gasteiger partial charge on any atom is -0.490 e. The van der Waals surface area contributed by atoms with Gasteiger partial charge in [-0.15, -0.1) is 0 Å². The van der Waals surface area contributed by atoms with Crippen LogP contribution in [0.1, 0.15) is 30.4 Å². The Labute approximate surface area is 135 Å². The van der Waals surface area contributed by atoms with Crippen molar-refractivity contribution in [1.82, 2.24) is 0 Å². The van der Waals surface area contributed by atoms with Crippen molar-refractivity contribution in [2.24, 2.45) is 0 Å². The summed E-state index contributed by atoms with van der Waals surface area (Å²) in [6.45, 7) is 0.155. The molecule has 120 valence electrons. The van der Waals surface area contributed by atoms with Crippen molar-refractivity contribution in [3.05, 3.63) is 59.4 Å². The van der Waals surface area contributed by atoms with Crippen LogP contribution in [0.4, 0.5) is 10.1 Å². The molecule has 0 spiro atoms. The fourth-order valence-electron chi connectivity index (χ4n) is 2.93. The number of hydrogen-bond acceptors (Lipinski definition) is 2. The summed E-state index contributed by atoms with van der Waals surface area (Å²) in [5.41, 5.74) is 3.48. The summed E-state index contributed by atoms with van der Waals surface area (Å²) >= 11 is 0. The van der Waals surface area contributed by atoms with Crippen molar-refractivity contribution in [2.45, 2.75) is 32.1 Å². The Morgan fingerprint density at radius 3 is 2.78 bits per heavy atom. The number of hydrogen-bond donors (Lipinski definition) is 1. The number of para-hydroxylation sites is 1. The van der Waals surface area contributed by atoms with Crippen molar-refractivity contribution < 1.29 is 13.9 Å². The van der Waals surface area contributed by atoms with E-state index in [2.05, 4.69) is 11.4 Å². The molecule has 0 fully saturated rings. The summed E-state index contributed by atoms with van der Waals surface area (Å²) in [6, 6.07) is 12.3. The number of anilines is 1. The van der Waals surface area contributed by atoms with Gasteiger partial charge in [-0.2, -0.15) is 0 Å². The van der Waals surface area contributed by atoms with Crippen molar-refractivity contribution >= 4 is 11.6 Å². The van der Waals surface area contributed by atoms with Crippen LogP contribution in [0.3, 0.4) is 0 Å². The topological polar surface area (TPSA) is 38.3 Å². The summed E-state index contributed by atoms with van der Waals surface area (Å²) in [5, 5.41) is 2.96. The molecule has 2 aromatic rings. The van der Waals surface area contributed by atoms with Gasteiger partial charge in [-0.25, -0.2) is 4.39 Å². The summed E-state index contributed by atoms with van der Waals surface area (Å²) in [7, 11) is 0. The highest BCUT2D eigenvalue weighted by atomic mass is 19.1. The Bertz CT molecular complexity index is 700. The zero-order valence-electron chi connectivity index (χ0n) is 13.0. The molecule has 0 radical (unpaired) electrons. The molecule has 0 atom stereocenters. The van der Waals surface area contributed by atoms with Crippen LogP contribution in [-0.2, 0) is 17.6 Å². The van der Waals surface area contributed by atoms with E-state index in [4.69, 9.17) is 4.74 Å². The van der Waals surface area contributed by atoms with Crippen LogP contribution < -0.4 is 10.1 Å². The fourth-order valence-corrected chi connectivity index (χ4v) is 2.93. The number of carbonyl (C=O) groups is 1. The van der Waals surface area contributed by atoms with Gasteiger partial charge in [0, 0.05) is 5.69 Å². The number of ether oxygens (including phenoxy) is 1. The van der Waals surface area contributed by atoms with Crippen molar-refractivity contribution in [3.63, 3.8) is 0 Å². The maximum Gasteiger partial charge on any atom is 0.227 e. The molecule has 4 heteroatoms. The normalized spacial score (nSPS) is 13.3. The van der Waals surface area contributed by atoms with Gasteiger partial charge in [-0.05, 0) is 55.0 Å². The van der Waals surface area contributed by atoms with E-state index in [-0.39, 0.29) is 24.7 Å². The molecular weight excluding hydrogens is 293 g/mol. The van der Waals surface area contributed by atoms with Crippen LogP contribution in [-0.4, -0.2) is 12.5 Å². The summed E-state index contributed by atoms with van der Waals surface area (Å²) in [5.74, 6) is -0.345. The van der Waals surface area contributed by atoms with Crippen molar-refractivity contribution in [1.29, 1.82) is 0 Å². The second kappa shape index (κ2) is 7.27. The number of carbonyl (C=O) groups excluding carboxylic acids is 1. The monoisotopic (exact) mass is 313 g/mol. The third-order valence-electron chi connectivity index (χ3n) is 4.09. The van der Waals surface area contributed by atoms with Gasteiger partial charge in [0.25, 0.3) is 0 Å². The Balaban J connectivity index is 1.55. The van der Waals surface area contributed by atoms with Gasteiger partial charge in [-0.1, -0.05) is 24.3 Å². The molecule has 1 aliphatic carbocycles. The molecule has 3 rings (SSSR count). The average Bonchev–Trinajstić information content (AvgIpc) is 2.57. The van der Waals surface area contributed by atoms with Crippen LogP contribution in [0.2, 0.25) is 0 Å². The lowest BCUT2D eigenvalue weighted by molar-refractivity contribution is -0.116. The van der Waals surface area contributed by atoms with Crippen LogP contribution in [0, 0.1) is 5.82 Å². The zero-order chi connectivity index (χ0) is 16.1. The van der Waals surface area contributed by atoms with E-state index in [9.17, 15) is 9.18 Å². The van der Waals surface area contributed by atoms with Gasteiger partial charge in [-0.3, -0.25) is 4.79 Å². The predicted octanol–water partition coefficient (Wildman–Crippen LogP) is 4.11. The highest BCUT2D eigenvalue weighted by Gasteiger charge is 2.14. The first-order chi connectivity index (χ1) is 11.2. The van der Waals surface area contributed by atoms with Crippen molar-refractivity contribution in [3.8, 4) is 5.75 Å². The molecule has 1 amide bonds. The minimum absolute atomic E-state index is 0.111. The Morgan fingerprint density at radius 2 is 1.91 bits per heavy atom. The van der Waals surface area contributed by atoms with Gasteiger partial charge < -0.3 is 10.1 Å². The molecular formula is C19H20FNO2. The number of fused-ring (bicyclic) bond motifs is 1. The van der Waals surface area contributed by atoms with Gasteiger partial charge in [0.2, 0.25) is 5.91 Å². The maximum atomic E-state index is 13.4. The highest BCUT2D eigenvalue weighted by Crippen LogP contribution is 2.27. The first kappa shape index (κ1) is 15.5. The quantitative estimate of drug-likeness (QED) is 0.902. The highest BCUT2D eigenvalue weighted by molar-refractivity contribution is 5.91. The first-order valence-corrected chi connectivity index (χ1v) is 8.02. The summed E-state index contributed by atoms with van der Waals surface area (Å²) < 4.78 is 18.7. The largest absolute Gasteiger partial charge is 0.490 e. The van der Waals surface area contributed by atoms with Gasteiger partial charge in [0.15, 0.2) is 11.6 Å². The number of rotatable bonds is 5. The lowest BCUT2D eigenvalue weighted by Gasteiger charge is -2.19. The number of benzene rings is 2. The van der Waals surface area contributed by atoms with E-state index >= 15 is 0 Å². The molecule has 0 saturated heterocycles. The maximum absolute atomic E-state index is 13.4. The van der Waals surface area contributed by atoms with Gasteiger partial charge >= 0.3 is 0 Å². The smallest absolute Gasteiger partial charge is 0.227 e. The van der Waals surface area contributed by atoms with Gasteiger partial charge in [0.05, 0.1) is 13.0 Å². The zero-order valence-corrected chi connectivity index (χ0v) is 13.0. The minimum atomic E-state index is -0.412. The first-order valence-electron chi connectivity index (χ1n) is 8.02. The van der Waals surface area contributed by atoms with Crippen molar-refractivity contribution in [2.75, 3.05) is 11.9 Å². The molecule has 23 heavy (non-hydrogen) atoms. The standard InChI is InChI=1S/C19H20FNO2/c20-16-9-3-4-11-18(16)23-13-12-19(22)21-17-10-5-7-14-6-1-2-8-15(14)17/h3-5,7,9-11H,1-2,6,8,12-13H2,(H,21,22). The van der Waals surface area contributed by atoms with E-state index in [1.165, 1.54) is 23.6 Å². The predicted molar refractivity (Wildman–Crippen MR) is 88.2 cm³/mol. The lowest BCUT2D eigenvalue weighted by atomic mass is 9.90. The number of aryl methyl sites for hydroxylation is 1. The third kappa shape index (κ3) is 3.89. The van der Waals surface area contributed by atoms with Crippen LogP contribution in [0.25, 0.3) is 0 Å². The summed E-state index contributed by atoms with van der Waals surface area (Å²) in [6.07, 6.45) is 4.65. The molecule has 0 aromatic heterocycles. The second-order valence-corrected chi connectivity index (χ2v) is 5.73. The van der Waals surface area contributed by atoms with Gasteiger partial charge in [0.1, 0.15) is 0 Å². The van der Waals surface area contributed by atoms with E-state index in [0.717, 1.165) is 24.9 Å². The molecule has 0 saturated carbocycles. The third-order valence-corrected chi connectivity index (χ3v) is 4.09. The molecule has 1 aliphatic rings. The average molecular weight is 313 g/mol. The van der Waals surface area contributed by atoms with E-state index in [1.54, 1.807) is 18.2 Å². The SMILES string of the molecule is O=C(CCOc1ccccc1F)Nc1cccc2c1CCCC2. The van der Waals surface area contributed by atoms with E-state index in [0.29, 0.717) is 0 Å². The molecule has 2 aromatic carbocycles. The number of nitrogens with one attached hydrogen (secondary N) is 1. The molecule has 0 unspecified atom stereocenters. The Kier molecular flexibility index (Phi) is 4.91. The van der Waals surface area contributed by atoms with Crippen LogP contribution >= 0.6 is 0 Å². The summed E-state index contributed by atoms with van der Waals surface area (Å²) in [4.78, 5) is 12.1. The fraction of sp³-hybridized carbons (Fsp3) is 0.316. The van der Waals surface area contributed by atoms with Crippen LogP contribution in [0.15, 0.2) is 42.5 Å². The number of amides is 1. The van der Waals surface area contributed by atoms with E-state index < -0.39 is 5.82 Å². The Morgan fingerprint density at radius 1 is 1.09 bits per heavy atom. The molecule has 0 bridgehead atoms. The van der Waals surface area contributed by atoms with Crippen LogP contribution in [0.5, 0.6) is 5.75 Å².